The normalized spacial score (nSPS) is 21.8. The molecule has 106 valence electrons. The van der Waals surface area contributed by atoms with E-state index in [1.807, 2.05) is 0 Å². The van der Waals surface area contributed by atoms with Gasteiger partial charge in [-0.15, -0.1) is 11.8 Å². The third-order valence-corrected chi connectivity index (χ3v) is 3.89. The number of ether oxygens (including phenoxy) is 1. The number of carbonyl (C=O) groups is 3. The highest BCUT2D eigenvalue weighted by molar-refractivity contribution is 8.00. The molecule has 0 aromatic rings. The van der Waals surface area contributed by atoms with Gasteiger partial charge in [-0.2, -0.15) is 0 Å². The first kappa shape index (κ1) is 15.5. The van der Waals surface area contributed by atoms with Crippen molar-refractivity contribution in [3.63, 3.8) is 0 Å². The topological polar surface area (TPSA) is 110 Å². The fourth-order valence-electron chi connectivity index (χ4n) is 1.51. The van der Waals surface area contributed by atoms with Gasteiger partial charge >= 0.3 is 11.9 Å². The Morgan fingerprint density at radius 2 is 2.21 bits per heavy atom. The van der Waals surface area contributed by atoms with E-state index in [0.29, 0.717) is 11.3 Å². The monoisotopic (exact) mass is 288 g/mol. The molecule has 0 bridgehead atoms. The Labute approximate surface area is 114 Å². The van der Waals surface area contributed by atoms with Crippen molar-refractivity contribution >= 4 is 29.6 Å². The number of hydrogen-bond donors (Lipinski definition) is 2. The molecule has 1 heterocycles. The summed E-state index contributed by atoms with van der Waals surface area (Å²) in [6, 6.07) is -0.689. The first-order valence-corrected chi connectivity index (χ1v) is 6.57. The minimum atomic E-state index is -1.08. The Morgan fingerprint density at radius 3 is 2.74 bits per heavy atom. The minimum absolute atomic E-state index is 0.108. The SMILES string of the molecule is C=C(COC(C)=O)CS[C@@H]1[C@H](N)C(=O)N1CC(=O)O. The van der Waals surface area contributed by atoms with Crippen molar-refractivity contribution in [1.82, 2.24) is 4.90 Å². The number of amides is 1. The number of carboxylic acids is 1. The predicted octanol–water partition coefficient (Wildman–Crippen LogP) is -0.581. The lowest BCUT2D eigenvalue weighted by Gasteiger charge is -2.43. The Hall–Kier alpha value is -1.54. The van der Waals surface area contributed by atoms with Crippen LogP contribution < -0.4 is 5.73 Å². The molecule has 0 radical (unpaired) electrons. The molecule has 2 atom stereocenters. The molecule has 0 aliphatic carbocycles. The molecule has 1 rings (SSSR count). The second-order valence-electron chi connectivity index (χ2n) is 4.12. The first-order chi connectivity index (χ1) is 8.82. The average molecular weight is 288 g/mol. The van der Waals surface area contributed by atoms with Gasteiger partial charge in [0, 0.05) is 12.7 Å². The average Bonchev–Trinajstić information content (AvgIpc) is 2.34. The number of rotatable bonds is 7. The molecular weight excluding hydrogens is 272 g/mol. The van der Waals surface area contributed by atoms with Crippen molar-refractivity contribution in [1.29, 1.82) is 0 Å². The summed E-state index contributed by atoms with van der Waals surface area (Å²) >= 11 is 1.31. The highest BCUT2D eigenvalue weighted by atomic mass is 32.2. The van der Waals surface area contributed by atoms with E-state index in [9.17, 15) is 14.4 Å². The summed E-state index contributed by atoms with van der Waals surface area (Å²) in [5, 5.41) is 8.30. The van der Waals surface area contributed by atoms with Gasteiger partial charge < -0.3 is 20.5 Å². The van der Waals surface area contributed by atoms with Crippen molar-refractivity contribution < 1.29 is 24.2 Å². The predicted molar refractivity (Wildman–Crippen MR) is 69.3 cm³/mol. The molecule has 1 aliphatic heterocycles. The summed E-state index contributed by atoms with van der Waals surface area (Å²) in [5.74, 6) is -1.40. The third kappa shape index (κ3) is 4.25. The summed E-state index contributed by atoms with van der Waals surface area (Å²) in [6.07, 6.45) is 0. The number of likely N-dealkylation sites (tertiary alicyclic amines) is 1. The van der Waals surface area contributed by atoms with Crippen LogP contribution in [0.5, 0.6) is 0 Å². The summed E-state index contributed by atoms with van der Waals surface area (Å²) in [4.78, 5) is 33.8. The van der Waals surface area contributed by atoms with Gasteiger partial charge in [0.1, 0.15) is 24.6 Å². The van der Waals surface area contributed by atoms with Crippen LogP contribution in [-0.4, -0.2) is 58.2 Å². The molecule has 0 saturated carbocycles. The van der Waals surface area contributed by atoms with Gasteiger partial charge in [-0.1, -0.05) is 6.58 Å². The molecule has 0 spiro atoms. The number of nitrogens with two attached hydrogens (primary N) is 1. The van der Waals surface area contributed by atoms with E-state index >= 15 is 0 Å². The van der Waals surface area contributed by atoms with E-state index in [-0.39, 0.29) is 24.4 Å². The quantitative estimate of drug-likeness (QED) is 0.366. The molecule has 0 aromatic heterocycles. The van der Waals surface area contributed by atoms with Crippen LogP contribution in [-0.2, 0) is 19.1 Å². The van der Waals surface area contributed by atoms with Crippen LogP contribution in [0.4, 0.5) is 0 Å². The number of nitrogens with zero attached hydrogens (tertiary/aromatic N) is 1. The van der Waals surface area contributed by atoms with Gasteiger partial charge in [-0.25, -0.2) is 0 Å². The van der Waals surface area contributed by atoms with Gasteiger partial charge in [-0.05, 0) is 5.57 Å². The van der Waals surface area contributed by atoms with Crippen LogP contribution in [0.15, 0.2) is 12.2 Å². The van der Waals surface area contributed by atoms with E-state index in [1.165, 1.54) is 23.6 Å². The van der Waals surface area contributed by atoms with Gasteiger partial charge in [0.05, 0.1) is 0 Å². The van der Waals surface area contributed by atoms with Crippen LogP contribution in [0.25, 0.3) is 0 Å². The zero-order chi connectivity index (χ0) is 14.6. The largest absolute Gasteiger partial charge is 0.480 e. The molecule has 7 nitrogen and oxygen atoms in total. The third-order valence-electron chi connectivity index (χ3n) is 2.43. The van der Waals surface area contributed by atoms with Crippen LogP contribution in [0.2, 0.25) is 0 Å². The summed E-state index contributed by atoms with van der Waals surface area (Å²) in [7, 11) is 0. The fraction of sp³-hybridized carbons (Fsp3) is 0.545. The Balaban J connectivity index is 2.38. The number of hydrogen-bond acceptors (Lipinski definition) is 6. The molecule has 1 saturated heterocycles. The molecule has 8 heteroatoms. The summed E-state index contributed by atoms with van der Waals surface area (Å²) in [5.41, 5.74) is 6.29. The number of aliphatic carboxylic acids is 1. The first-order valence-electron chi connectivity index (χ1n) is 5.52. The van der Waals surface area contributed by atoms with Gasteiger partial charge in [0.2, 0.25) is 5.91 Å². The van der Waals surface area contributed by atoms with E-state index in [0.717, 1.165) is 0 Å². The van der Waals surface area contributed by atoms with Crippen LogP contribution >= 0.6 is 11.8 Å². The van der Waals surface area contributed by atoms with E-state index in [1.54, 1.807) is 0 Å². The van der Waals surface area contributed by atoms with Gasteiger partial charge in [0.25, 0.3) is 0 Å². The number of carboxylic acid groups (broad SMARTS) is 1. The maximum Gasteiger partial charge on any atom is 0.323 e. The van der Waals surface area contributed by atoms with Gasteiger partial charge in [-0.3, -0.25) is 14.4 Å². The minimum Gasteiger partial charge on any atom is -0.480 e. The van der Waals surface area contributed by atoms with Crippen molar-refractivity contribution in [3.8, 4) is 0 Å². The maximum absolute atomic E-state index is 11.4. The standard InChI is InChI=1S/C11H16N2O5S/c1-6(4-18-7(2)14)5-19-11-9(12)10(17)13(11)3-8(15)16/h9,11H,1,3-5,12H2,2H3,(H,15,16)/t9-,11-/m1/s1. The van der Waals surface area contributed by atoms with Crippen molar-refractivity contribution in [2.75, 3.05) is 18.9 Å². The molecular formula is C11H16N2O5S. The Morgan fingerprint density at radius 1 is 1.58 bits per heavy atom. The highest BCUT2D eigenvalue weighted by Crippen LogP contribution is 2.29. The lowest BCUT2D eigenvalue weighted by atomic mass is 10.1. The maximum atomic E-state index is 11.4. The smallest absolute Gasteiger partial charge is 0.323 e. The van der Waals surface area contributed by atoms with E-state index < -0.39 is 18.0 Å². The number of thioether (sulfide) groups is 1. The molecule has 0 unspecified atom stereocenters. The van der Waals surface area contributed by atoms with E-state index in [4.69, 9.17) is 15.6 Å². The molecule has 1 amide bonds. The fourth-order valence-corrected chi connectivity index (χ4v) is 2.68. The molecule has 1 aliphatic rings. The Bertz CT molecular complexity index is 412. The second kappa shape index (κ2) is 6.58. The van der Waals surface area contributed by atoms with Crippen molar-refractivity contribution in [2.24, 2.45) is 5.73 Å². The zero-order valence-electron chi connectivity index (χ0n) is 10.5. The molecule has 3 N–H and O–H groups in total. The summed E-state index contributed by atoms with van der Waals surface area (Å²) in [6.45, 7) is 4.78. The van der Waals surface area contributed by atoms with Crippen LogP contribution in [0.3, 0.4) is 0 Å². The second-order valence-corrected chi connectivity index (χ2v) is 5.22. The zero-order valence-corrected chi connectivity index (χ0v) is 11.3. The van der Waals surface area contributed by atoms with Crippen LogP contribution in [0, 0.1) is 0 Å². The van der Waals surface area contributed by atoms with Crippen molar-refractivity contribution in [2.45, 2.75) is 18.3 Å². The molecule has 19 heavy (non-hydrogen) atoms. The van der Waals surface area contributed by atoms with Crippen molar-refractivity contribution in [3.05, 3.63) is 12.2 Å². The van der Waals surface area contributed by atoms with Gasteiger partial charge in [0.15, 0.2) is 0 Å². The number of carbonyl (C=O) groups excluding carboxylic acids is 2. The molecule has 0 aromatic carbocycles. The van der Waals surface area contributed by atoms with Crippen LogP contribution in [0.1, 0.15) is 6.92 Å². The van der Waals surface area contributed by atoms with E-state index in [2.05, 4.69) is 6.58 Å². The molecule has 1 fully saturated rings. The lowest BCUT2D eigenvalue weighted by Crippen LogP contribution is -2.68. The lowest BCUT2D eigenvalue weighted by molar-refractivity contribution is -0.152. The summed E-state index contributed by atoms with van der Waals surface area (Å²) < 4.78 is 4.77. The highest BCUT2D eigenvalue weighted by Gasteiger charge is 2.45. The number of esters is 1. The number of β-lactam (4-membered cyclic amide) rings is 1. The Kier molecular flexibility index (Phi) is 5.37.